The normalized spacial score (nSPS) is 33.0. The Bertz CT molecular complexity index is 1240. The molecule has 42 heavy (non-hydrogen) atoms. The number of hydrogen-bond donors (Lipinski definition) is 4. The number of amides is 4. The lowest BCUT2D eigenvalue weighted by molar-refractivity contribution is -0.141. The van der Waals surface area contributed by atoms with Crippen LogP contribution in [0.25, 0.3) is 0 Å². The van der Waals surface area contributed by atoms with Crippen LogP contribution in [0.5, 0.6) is 0 Å². The van der Waals surface area contributed by atoms with E-state index in [4.69, 9.17) is 4.74 Å². The predicted octanol–water partition coefficient (Wildman–Crippen LogP) is 0.139. The molecule has 1 saturated heterocycles. The third kappa shape index (κ3) is 7.08. The van der Waals surface area contributed by atoms with Crippen LogP contribution in [0.15, 0.2) is 12.2 Å². The summed E-state index contributed by atoms with van der Waals surface area (Å²) in [7, 11) is -3.84. The third-order valence-electron chi connectivity index (χ3n) is 8.48. The van der Waals surface area contributed by atoms with Crippen LogP contribution in [0.1, 0.15) is 72.1 Å². The maximum atomic E-state index is 14.0. The molecule has 2 heterocycles. The monoisotopic (exact) mass is 609 g/mol. The largest absolute Gasteiger partial charge is 0.444 e. The molecule has 2 aliphatic heterocycles. The van der Waals surface area contributed by atoms with Crippen molar-refractivity contribution in [3.05, 3.63) is 12.2 Å². The fourth-order valence-electron chi connectivity index (χ4n) is 5.88. The van der Waals surface area contributed by atoms with E-state index in [1.165, 1.54) is 4.90 Å². The number of nitrogens with zero attached hydrogens (tertiary/aromatic N) is 2. The zero-order valence-electron chi connectivity index (χ0n) is 24.5. The Balaban J connectivity index is 1.41. The van der Waals surface area contributed by atoms with Gasteiger partial charge in [-0.2, -0.15) is 0 Å². The number of fused-ring (bicyclic) bond motifs is 2. The maximum absolute atomic E-state index is 14.0. The molecule has 4 fully saturated rings. The molecule has 0 radical (unpaired) electrons. The van der Waals surface area contributed by atoms with Crippen molar-refractivity contribution in [2.24, 2.45) is 5.92 Å². The summed E-state index contributed by atoms with van der Waals surface area (Å²) in [5, 5.41) is 15.4. The number of aliphatic hydroxyl groups excluding tert-OH is 1. The molecule has 1 unspecified atom stereocenters. The lowest BCUT2D eigenvalue weighted by atomic mass is 10.1. The zero-order valence-corrected chi connectivity index (χ0v) is 25.3. The van der Waals surface area contributed by atoms with Gasteiger partial charge in [0.2, 0.25) is 21.8 Å². The number of sulfonamides is 1. The number of carbonyl (C=O) groups is 4. The van der Waals surface area contributed by atoms with Crippen molar-refractivity contribution in [2.45, 2.75) is 113 Å². The summed E-state index contributed by atoms with van der Waals surface area (Å²) in [5.41, 5.74) is -2.25. The average molecular weight is 610 g/mol. The number of hydrogen-bond acceptors (Lipinski definition) is 9. The Hall–Kier alpha value is -2.71. The van der Waals surface area contributed by atoms with Gasteiger partial charge in [0.05, 0.1) is 11.4 Å². The summed E-state index contributed by atoms with van der Waals surface area (Å²) < 4.78 is 32.7. The molecule has 0 aromatic rings. The van der Waals surface area contributed by atoms with Crippen LogP contribution in [0, 0.1) is 5.92 Å². The smallest absolute Gasteiger partial charge is 0.408 e. The Labute approximate surface area is 246 Å². The van der Waals surface area contributed by atoms with Crippen molar-refractivity contribution in [1.82, 2.24) is 25.2 Å². The molecular weight excluding hydrogens is 566 g/mol. The molecule has 3 saturated carbocycles. The van der Waals surface area contributed by atoms with E-state index in [-0.39, 0.29) is 32.0 Å². The van der Waals surface area contributed by atoms with E-state index in [0.717, 1.165) is 19.3 Å². The molecule has 3 aliphatic carbocycles. The quantitative estimate of drug-likeness (QED) is 0.316. The van der Waals surface area contributed by atoms with Crippen molar-refractivity contribution in [3.8, 4) is 0 Å². The van der Waals surface area contributed by atoms with E-state index in [2.05, 4.69) is 20.3 Å². The topological polar surface area (TPSA) is 174 Å². The summed E-state index contributed by atoms with van der Waals surface area (Å²) in [6, 6.07) is -1.85. The van der Waals surface area contributed by atoms with Gasteiger partial charge in [-0.05, 0) is 72.3 Å². The highest BCUT2D eigenvalue weighted by Gasteiger charge is 2.62. The Morgan fingerprint density at radius 2 is 1.86 bits per heavy atom. The molecule has 0 aromatic carbocycles. The first-order chi connectivity index (χ1) is 19.7. The average Bonchev–Trinajstić information content (AvgIpc) is 3.75. The van der Waals surface area contributed by atoms with Gasteiger partial charge in [0.15, 0.2) is 0 Å². The van der Waals surface area contributed by atoms with Gasteiger partial charge in [0.1, 0.15) is 23.2 Å². The molecule has 234 valence electrons. The van der Waals surface area contributed by atoms with Crippen molar-refractivity contribution in [3.63, 3.8) is 0 Å². The van der Waals surface area contributed by atoms with Gasteiger partial charge in [0.25, 0.3) is 5.91 Å². The Kier molecular flexibility index (Phi) is 8.36. The van der Waals surface area contributed by atoms with Gasteiger partial charge in [0, 0.05) is 31.5 Å². The highest BCUT2D eigenvalue weighted by Crippen LogP contribution is 2.46. The van der Waals surface area contributed by atoms with Gasteiger partial charge in [-0.25, -0.2) is 13.2 Å². The van der Waals surface area contributed by atoms with Crippen LogP contribution in [0.2, 0.25) is 0 Å². The first-order valence-corrected chi connectivity index (χ1v) is 16.5. The summed E-state index contributed by atoms with van der Waals surface area (Å²) in [6.45, 7) is 5.94. The number of ether oxygens (including phenoxy) is 1. The second kappa shape index (κ2) is 11.4. The van der Waals surface area contributed by atoms with E-state index < -0.39 is 74.3 Å². The molecular formula is C28H43N5O8S. The number of rotatable bonds is 5. The maximum Gasteiger partial charge on any atom is 0.408 e. The van der Waals surface area contributed by atoms with Gasteiger partial charge < -0.3 is 25.4 Å². The van der Waals surface area contributed by atoms with Gasteiger partial charge >= 0.3 is 6.09 Å². The molecule has 0 aromatic heterocycles. The van der Waals surface area contributed by atoms with E-state index in [0.29, 0.717) is 25.8 Å². The lowest BCUT2D eigenvalue weighted by Gasteiger charge is -2.33. The van der Waals surface area contributed by atoms with Crippen LogP contribution < -0.4 is 15.4 Å². The molecule has 5 atom stereocenters. The second-order valence-electron chi connectivity index (χ2n) is 13.3. The Morgan fingerprint density at radius 1 is 1.14 bits per heavy atom. The number of alkyl carbamates (subject to hydrolysis) is 1. The summed E-state index contributed by atoms with van der Waals surface area (Å²) in [5.74, 6) is -2.38. The first kappa shape index (κ1) is 30.7. The SMILES string of the molecule is CC(C)(C)OC(=O)N[C@H]1CN(C2CC2)CCCC=CC2C[C@@]2(C(=O)NS(=O)(=O)C2CC2)NC(=O)[C@@H]2C[C@@H](O)CN2C1=O. The summed E-state index contributed by atoms with van der Waals surface area (Å²) in [4.78, 5) is 57.2. The van der Waals surface area contributed by atoms with Crippen LogP contribution in [-0.4, -0.2) is 107 Å². The predicted molar refractivity (Wildman–Crippen MR) is 151 cm³/mol. The van der Waals surface area contributed by atoms with Crippen molar-refractivity contribution in [2.75, 3.05) is 19.6 Å². The molecule has 13 nitrogen and oxygen atoms in total. The Morgan fingerprint density at radius 3 is 2.50 bits per heavy atom. The lowest BCUT2D eigenvalue weighted by Crippen LogP contribution is -2.60. The van der Waals surface area contributed by atoms with E-state index in [9.17, 15) is 32.7 Å². The van der Waals surface area contributed by atoms with Crippen molar-refractivity contribution < 1.29 is 37.4 Å². The van der Waals surface area contributed by atoms with Crippen molar-refractivity contribution in [1.29, 1.82) is 0 Å². The molecule has 5 aliphatic rings. The number of aliphatic hydroxyl groups is 1. The van der Waals surface area contributed by atoms with Crippen LogP contribution in [0.4, 0.5) is 4.79 Å². The van der Waals surface area contributed by atoms with Gasteiger partial charge in [-0.3, -0.25) is 24.0 Å². The third-order valence-corrected chi connectivity index (χ3v) is 10.3. The summed E-state index contributed by atoms with van der Waals surface area (Å²) >= 11 is 0. The van der Waals surface area contributed by atoms with Gasteiger partial charge in [-0.15, -0.1) is 0 Å². The fraction of sp³-hybridized carbons (Fsp3) is 0.786. The van der Waals surface area contributed by atoms with E-state index in [1.807, 2.05) is 12.2 Å². The van der Waals surface area contributed by atoms with Crippen molar-refractivity contribution >= 4 is 33.8 Å². The number of allylic oxidation sites excluding steroid dienone is 1. The molecule has 0 spiro atoms. The molecule has 14 heteroatoms. The first-order valence-electron chi connectivity index (χ1n) is 15.0. The van der Waals surface area contributed by atoms with E-state index >= 15 is 0 Å². The molecule has 4 N–H and O–H groups in total. The van der Waals surface area contributed by atoms with Crippen LogP contribution in [0.3, 0.4) is 0 Å². The zero-order chi connectivity index (χ0) is 30.4. The second-order valence-corrected chi connectivity index (χ2v) is 15.3. The molecule has 5 rings (SSSR count). The van der Waals surface area contributed by atoms with E-state index in [1.54, 1.807) is 20.8 Å². The minimum absolute atomic E-state index is 0.0539. The minimum Gasteiger partial charge on any atom is -0.444 e. The summed E-state index contributed by atoms with van der Waals surface area (Å²) in [6.07, 6.45) is 6.61. The standard InChI is InChI=1S/C28H43N5O8S/c1-27(2,3)41-26(38)29-21-16-32(18-8-9-18)12-6-4-5-7-17-14-28(17,25(37)31-42(39,40)20-10-11-20)30-23(35)22-13-19(34)15-33(22)24(21)36/h5,7,17-22,34H,4,6,8-16H2,1-3H3,(H,29,38)(H,30,35)(H,31,37)/t17?,19-,21+,22+,28-/m1/s1. The van der Waals surface area contributed by atoms with Crippen LogP contribution in [-0.2, 0) is 29.1 Å². The molecule has 4 amide bonds. The highest BCUT2D eigenvalue weighted by atomic mass is 32.2. The number of nitrogens with one attached hydrogen (secondary N) is 3. The number of carbonyl (C=O) groups excluding carboxylic acids is 4. The van der Waals surface area contributed by atoms with Gasteiger partial charge in [-0.1, -0.05) is 12.2 Å². The highest BCUT2D eigenvalue weighted by molar-refractivity contribution is 7.91. The molecule has 0 bridgehead atoms. The minimum atomic E-state index is -3.84. The van der Waals surface area contributed by atoms with Crippen LogP contribution >= 0.6 is 0 Å². The fourth-order valence-corrected chi connectivity index (χ4v) is 7.24.